The SMILES string of the molecule is COc1ccc([Se]C#C[Si](C)(C)C)cc1. The zero-order chi connectivity index (χ0) is 11.3. The van der Waals surface area contributed by atoms with Gasteiger partial charge in [0.25, 0.3) is 0 Å². The van der Waals surface area contributed by atoms with E-state index in [9.17, 15) is 0 Å². The molecular formula is C12H16OSeSi. The summed E-state index contributed by atoms with van der Waals surface area (Å²) in [4.78, 5) is 3.31. The monoisotopic (exact) mass is 284 g/mol. The van der Waals surface area contributed by atoms with E-state index in [1.54, 1.807) is 7.11 Å². The molecule has 0 radical (unpaired) electrons. The fourth-order valence-electron chi connectivity index (χ4n) is 0.881. The van der Waals surface area contributed by atoms with Crippen molar-refractivity contribution in [2.45, 2.75) is 19.6 Å². The number of hydrogen-bond donors (Lipinski definition) is 0. The third kappa shape index (κ3) is 5.08. The van der Waals surface area contributed by atoms with Gasteiger partial charge in [-0.15, -0.1) is 0 Å². The molecule has 0 N–H and O–H groups in total. The van der Waals surface area contributed by atoms with E-state index in [-0.39, 0.29) is 15.0 Å². The van der Waals surface area contributed by atoms with Crippen LogP contribution in [0.4, 0.5) is 0 Å². The second-order valence-electron chi connectivity index (χ2n) is 4.25. The molecule has 0 aliphatic carbocycles. The first-order chi connectivity index (χ1) is 7.01. The van der Waals surface area contributed by atoms with Gasteiger partial charge in [-0.1, -0.05) is 0 Å². The van der Waals surface area contributed by atoms with Crippen molar-refractivity contribution >= 4 is 27.5 Å². The molecule has 80 valence electrons. The van der Waals surface area contributed by atoms with Gasteiger partial charge in [0.05, 0.1) is 0 Å². The summed E-state index contributed by atoms with van der Waals surface area (Å²) in [7, 11) is 0.487. The van der Waals surface area contributed by atoms with Crippen molar-refractivity contribution in [1.29, 1.82) is 0 Å². The van der Waals surface area contributed by atoms with Gasteiger partial charge in [-0.05, 0) is 0 Å². The maximum absolute atomic E-state index is 5.11. The van der Waals surface area contributed by atoms with Gasteiger partial charge in [0, 0.05) is 0 Å². The second kappa shape index (κ2) is 5.41. The Bertz CT molecular complexity index is 367. The predicted molar refractivity (Wildman–Crippen MR) is 69.5 cm³/mol. The molecule has 0 spiro atoms. The fraction of sp³-hybridized carbons (Fsp3) is 0.333. The molecule has 15 heavy (non-hydrogen) atoms. The van der Waals surface area contributed by atoms with Crippen LogP contribution in [0.25, 0.3) is 0 Å². The third-order valence-electron chi connectivity index (χ3n) is 1.65. The van der Waals surface area contributed by atoms with E-state index in [0.29, 0.717) is 0 Å². The van der Waals surface area contributed by atoms with Crippen LogP contribution in [0, 0.1) is 10.4 Å². The van der Waals surface area contributed by atoms with Crippen LogP contribution in [0.3, 0.4) is 0 Å². The minimum absolute atomic E-state index is 0.284. The Labute approximate surface area is 99.4 Å². The van der Waals surface area contributed by atoms with E-state index in [0.717, 1.165) is 5.75 Å². The number of hydrogen-bond acceptors (Lipinski definition) is 1. The molecule has 1 nitrogen and oxygen atoms in total. The quantitative estimate of drug-likeness (QED) is 0.595. The Morgan fingerprint density at radius 3 is 2.20 bits per heavy atom. The van der Waals surface area contributed by atoms with Gasteiger partial charge >= 0.3 is 99.4 Å². The molecule has 0 aliphatic heterocycles. The number of ether oxygens (including phenoxy) is 1. The van der Waals surface area contributed by atoms with Crippen LogP contribution in [0.15, 0.2) is 24.3 Å². The average molecular weight is 283 g/mol. The normalized spacial score (nSPS) is 10.4. The summed E-state index contributed by atoms with van der Waals surface area (Å²) < 4.78 is 6.42. The molecule has 0 saturated heterocycles. The summed E-state index contributed by atoms with van der Waals surface area (Å²) in [6.45, 7) is 6.80. The average Bonchev–Trinajstić information content (AvgIpc) is 2.17. The van der Waals surface area contributed by atoms with Crippen LogP contribution >= 0.6 is 0 Å². The molecule has 0 amide bonds. The Hall–Kier alpha value is -0.684. The standard InChI is InChI=1S/C12H16OSeSi/c1-13-11-5-7-12(8-6-11)14-9-10-15(2,3)4/h5-8H,1-4H3. The van der Waals surface area contributed by atoms with E-state index >= 15 is 0 Å². The summed E-state index contributed by atoms with van der Waals surface area (Å²) in [5.41, 5.74) is 3.38. The molecule has 0 bridgehead atoms. The van der Waals surface area contributed by atoms with E-state index in [1.165, 1.54) is 4.46 Å². The first-order valence-electron chi connectivity index (χ1n) is 4.84. The van der Waals surface area contributed by atoms with E-state index in [4.69, 9.17) is 4.74 Å². The molecule has 0 aliphatic rings. The van der Waals surface area contributed by atoms with Gasteiger partial charge in [0.2, 0.25) is 0 Å². The van der Waals surface area contributed by atoms with Crippen molar-refractivity contribution in [2.75, 3.05) is 7.11 Å². The van der Waals surface area contributed by atoms with Crippen LogP contribution in [0.2, 0.25) is 19.6 Å². The Balaban J connectivity index is 2.61. The summed E-state index contributed by atoms with van der Waals surface area (Å²) in [6, 6.07) is 8.18. The predicted octanol–water partition coefficient (Wildman–Crippen LogP) is 1.86. The maximum atomic E-state index is 5.11. The number of rotatable bonds is 2. The number of methoxy groups -OCH3 is 1. The molecule has 1 aromatic carbocycles. The van der Waals surface area contributed by atoms with Gasteiger partial charge in [0.1, 0.15) is 0 Å². The van der Waals surface area contributed by atoms with Crippen molar-refractivity contribution in [3.63, 3.8) is 0 Å². The van der Waals surface area contributed by atoms with Crippen molar-refractivity contribution in [1.82, 2.24) is 0 Å². The van der Waals surface area contributed by atoms with Crippen molar-refractivity contribution in [3.8, 4) is 16.1 Å². The van der Waals surface area contributed by atoms with Crippen LogP contribution in [0.1, 0.15) is 0 Å². The van der Waals surface area contributed by atoms with Gasteiger partial charge in [-0.3, -0.25) is 0 Å². The molecule has 1 aromatic rings. The van der Waals surface area contributed by atoms with Gasteiger partial charge in [0.15, 0.2) is 0 Å². The van der Waals surface area contributed by atoms with Crippen LogP contribution in [-0.4, -0.2) is 30.1 Å². The summed E-state index contributed by atoms with van der Waals surface area (Å²) in [5, 5.41) is 0. The van der Waals surface area contributed by atoms with Crippen LogP contribution in [-0.2, 0) is 0 Å². The first kappa shape index (κ1) is 12.4. The zero-order valence-corrected chi connectivity index (χ0v) is 12.3. The van der Waals surface area contributed by atoms with E-state index in [1.807, 2.05) is 12.1 Å². The molecule has 0 heterocycles. The molecule has 0 aromatic heterocycles. The van der Waals surface area contributed by atoms with Crippen LogP contribution < -0.4 is 9.20 Å². The van der Waals surface area contributed by atoms with Crippen molar-refractivity contribution < 1.29 is 4.74 Å². The van der Waals surface area contributed by atoms with Crippen molar-refractivity contribution in [2.24, 2.45) is 0 Å². The fourth-order valence-corrected chi connectivity index (χ4v) is 4.31. The third-order valence-corrected chi connectivity index (χ3v) is 4.43. The van der Waals surface area contributed by atoms with Gasteiger partial charge in [-0.25, -0.2) is 0 Å². The molecule has 1 rings (SSSR count). The van der Waals surface area contributed by atoms with E-state index in [2.05, 4.69) is 42.1 Å². The van der Waals surface area contributed by atoms with E-state index < -0.39 is 8.07 Å². The van der Waals surface area contributed by atoms with Crippen LogP contribution in [0.5, 0.6) is 5.75 Å². The molecule has 0 unspecified atom stereocenters. The molecule has 0 atom stereocenters. The number of benzene rings is 1. The zero-order valence-electron chi connectivity index (χ0n) is 9.63. The molecule has 0 fully saturated rings. The first-order valence-corrected chi connectivity index (χ1v) is 10.1. The second-order valence-corrected chi connectivity index (χ2v) is 10.9. The molecule has 0 saturated carbocycles. The van der Waals surface area contributed by atoms with Gasteiger partial charge < -0.3 is 0 Å². The topological polar surface area (TPSA) is 9.23 Å². The Morgan fingerprint density at radius 1 is 1.13 bits per heavy atom. The molecule has 3 heteroatoms. The Morgan fingerprint density at radius 2 is 1.73 bits per heavy atom. The Kier molecular flexibility index (Phi) is 4.47. The van der Waals surface area contributed by atoms with Gasteiger partial charge in [-0.2, -0.15) is 0 Å². The van der Waals surface area contributed by atoms with Crippen molar-refractivity contribution in [3.05, 3.63) is 24.3 Å². The summed E-state index contributed by atoms with van der Waals surface area (Å²) in [5.74, 6) is 0.910. The molecular weight excluding hydrogens is 267 g/mol. The summed E-state index contributed by atoms with van der Waals surface area (Å²) in [6.07, 6.45) is 0. The minimum atomic E-state index is -1.20. The summed E-state index contributed by atoms with van der Waals surface area (Å²) >= 11 is 0.284.